The SMILES string of the molecule is CCOC(=O)CCN(C)C(=O)CCC1CCCC1. The third kappa shape index (κ3) is 5.52. The van der Waals surface area contributed by atoms with Crippen LogP contribution in [0.2, 0.25) is 0 Å². The first-order valence-electron chi connectivity index (χ1n) is 7.03. The molecule has 0 aliphatic heterocycles. The van der Waals surface area contributed by atoms with Crippen molar-refractivity contribution >= 4 is 11.9 Å². The Hall–Kier alpha value is -1.06. The van der Waals surface area contributed by atoms with Crippen LogP contribution in [0.4, 0.5) is 0 Å². The number of carbonyl (C=O) groups is 2. The summed E-state index contributed by atoms with van der Waals surface area (Å²) in [6, 6.07) is 0. The fourth-order valence-corrected chi connectivity index (χ4v) is 2.43. The van der Waals surface area contributed by atoms with Gasteiger partial charge in [0.2, 0.25) is 5.91 Å². The molecule has 0 spiro atoms. The van der Waals surface area contributed by atoms with Gasteiger partial charge in [0.1, 0.15) is 0 Å². The predicted molar refractivity (Wildman–Crippen MR) is 70.1 cm³/mol. The molecule has 0 aromatic carbocycles. The van der Waals surface area contributed by atoms with Crippen molar-refractivity contribution in [1.82, 2.24) is 4.90 Å². The van der Waals surface area contributed by atoms with E-state index in [1.54, 1.807) is 18.9 Å². The maximum Gasteiger partial charge on any atom is 0.307 e. The first-order valence-corrected chi connectivity index (χ1v) is 7.03. The lowest BCUT2D eigenvalue weighted by Crippen LogP contribution is -2.29. The van der Waals surface area contributed by atoms with Gasteiger partial charge in [-0.05, 0) is 19.3 Å². The molecule has 1 aliphatic rings. The Morgan fingerprint density at radius 1 is 1.22 bits per heavy atom. The van der Waals surface area contributed by atoms with Gasteiger partial charge in [-0.25, -0.2) is 0 Å². The van der Waals surface area contributed by atoms with Crippen molar-refractivity contribution in [1.29, 1.82) is 0 Å². The molecule has 1 saturated carbocycles. The van der Waals surface area contributed by atoms with Crippen molar-refractivity contribution in [2.24, 2.45) is 5.92 Å². The molecule has 0 aromatic rings. The van der Waals surface area contributed by atoms with Crippen LogP contribution in [0.5, 0.6) is 0 Å². The summed E-state index contributed by atoms with van der Waals surface area (Å²) in [5.41, 5.74) is 0. The van der Waals surface area contributed by atoms with Gasteiger partial charge >= 0.3 is 5.97 Å². The molecule has 0 radical (unpaired) electrons. The summed E-state index contributed by atoms with van der Waals surface area (Å²) in [5.74, 6) is 0.659. The fraction of sp³-hybridized carbons (Fsp3) is 0.857. The van der Waals surface area contributed by atoms with E-state index < -0.39 is 0 Å². The Bertz CT molecular complexity index is 272. The molecular formula is C14H25NO3. The summed E-state index contributed by atoms with van der Waals surface area (Å²) in [7, 11) is 1.76. The van der Waals surface area contributed by atoms with E-state index in [1.807, 2.05) is 0 Å². The number of carbonyl (C=O) groups excluding carboxylic acids is 2. The molecule has 4 heteroatoms. The van der Waals surface area contributed by atoms with Crippen LogP contribution in [0.3, 0.4) is 0 Å². The van der Waals surface area contributed by atoms with Crippen molar-refractivity contribution in [3.8, 4) is 0 Å². The zero-order valence-corrected chi connectivity index (χ0v) is 11.6. The lowest BCUT2D eigenvalue weighted by Gasteiger charge is -2.17. The minimum absolute atomic E-state index is 0.145. The van der Waals surface area contributed by atoms with E-state index in [0.717, 1.165) is 12.3 Å². The van der Waals surface area contributed by atoms with Crippen LogP contribution in [0, 0.1) is 5.92 Å². The van der Waals surface area contributed by atoms with Crippen LogP contribution in [0.25, 0.3) is 0 Å². The highest BCUT2D eigenvalue weighted by Gasteiger charge is 2.17. The monoisotopic (exact) mass is 255 g/mol. The van der Waals surface area contributed by atoms with Gasteiger partial charge in [0.25, 0.3) is 0 Å². The zero-order chi connectivity index (χ0) is 13.4. The second kappa shape index (κ2) is 8.11. The van der Waals surface area contributed by atoms with Gasteiger partial charge in [0.05, 0.1) is 13.0 Å². The lowest BCUT2D eigenvalue weighted by molar-refractivity contribution is -0.143. The first kappa shape index (κ1) is 15.0. The Morgan fingerprint density at radius 3 is 2.50 bits per heavy atom. The number of nitrogens with zero attached hydrogens (tertiary/aromatic N) is 1. The molecule has 1 aliphatic carbocycles. The van der Waals surface area contributed by atoms with Crippen LogP contribution < -0.4 is 0 Å². The van der Waals surface area contributed by atoms with E-state index in [-0.39, 0.29) is 11.9 Å². The number of hydrogen-bond acceptors (Lipinski definition) is 3. The smallest absolute Gasteiger partial charge is 0.307 e. The average molecular weight is 255 g/mol. The van der Waals surface area contributed by atoms with Crippen LogP contribution in [-0.2, 0) is 14.3 Å². The molecule has 0 aromatic heterocycles. The summed E-state index contributed by atoms with van der Waals surface area (Å²) in [6.07, 6.45) is 7.10. The van der Waals surface area contributed by atoms with Crippen LogP contribution in [-0.4, -0.2) is 37.0 Å². The topological polar surface area (TPSA) is 46.6 Å². The molecule has 0 heterocycles. The Morgan fingerprint density at radius 2 is 1.89 bits per heavy atom. The molecule has 0 unspecified atom stereocenters. The maximum atomic E-state index is 11.8. The maximum absolute atomic E-state index is 11.8. The second-order valence-electron chi connectivity index (χ2n) is 5.06. The number of hydrogen-bond donors (Lipinski definition) is 0. The van der Waals surface area contributed by atoms with Crippen molar-refractivity contribution in [2.75, 3.05) is 20.2 Å². The minimum atomic E-state index is -0.229. The molecule has 1 rings (SSSR count). The van der Waals surface area contributed by atoms with Crippen molar-refractivity contribution in [2.45, 2.75) is 51.9 Å². The molecule has 1 fully saturated rings. The van der Waals surface area contributed by atoms with Crippen molar-refractivity contribution < 1.29 is 14.3 Å². The predicted octanol–water partition coefficient (Wildman–Crippen LogP) is 2.37. The van der Waals surface area contributed by atoms with Gasteiger partial charge in [0.15, 0.2) is 0 Å². The fourth-order valence-electron chi connectivity index (χ4n) is 2.43. The van der Waals surface area contributed by atoms with E-state index in [9.17, 15) is 9.59 Å². The van der Waals surface area contributed by atoms with Gasteiger partial charge in [-0.3, -0.25) is 9.59 Å². The van der Waals surface area contributed by atoms with Gasteiger partial charge < -0.3 is 9.64 Å². The van der Waals surface area contributed by atoms with E-state index in [0.29, 0.717) is 26.0 Å². The third-order valence-electron chi connectivity index (χ3n) is 3.62. The quantitative estimate of drug-likeness (QED) is 0.656. The molecule has 0 atom stereocenters. The normalized spacial score (nSPS) is 15.7. The third-order valence-corrected chi connectivity index (χ3v) is 3.62. The number of rotatable bonds is 7. The molecule has 4 nitrogen and oxygen atoms in total. The van der Waals surface area contributed by atoms with Gasteiger partial charge in [-0.2, -0.15) is 0 Å². The second-order valence-corrected chi connectivity index (χ2v) is 5.06. The van der Waals surface area contributed by atoms with E-state index >= 15 is 0 Å². The highest BCUT2D eigenvalue weighted by atomic mass is 16.5. The summed E-state index contributed by atoms with van der Waals surface area (Å²) in [4.78, 5) is 24.7. The standard InChI is InChI=1S/C14H25NO3/c1-3-18-14(17)10-11-15(2)13(16)9-8-12-6-4-5-7-12/h12H,3-11H2,1-2H3. The molecule has 0 saturated heterocycles. The van der Waals surface area contributed by atoms with E-state index in [4.69, 9.17) is 4.74 Å². The highest BCUT2D eigenvalue weighted by molar-refractivity contribution is 5.77. The first-order chi connectivity index (χ1) is 8.63. The zero-order valence-electron chi connectivity index (χ0n) is 11.6. The number of ether oxygens (including phenoxy) is 1. The Labute approximate surface area is 110 Å². The van der Waals surface area contributed by atoms with Crippen molar-refractivity contribution in [3.63, 3.8) is 0 Å². The molecule has 0 bridgehead atoms. The summed E-state index contributed by atoms with van der Waals surface area (Å²) in [6.45, 7) is 2.65. The number of amides is 1. The van der Waals surface area contributed by atoms with Gasteiger partial charge in [0, 0.05) is 20.0 Å². The molecule has 1 amide bonds. The van der Waals surface area contributed by atoms with E-state index in [2.05, 4.69) is 0 Å². The molecule has 0 N–H and O–H groups in total. The lowest BCUT2D eigenvalue weighted by atomic mass is 10.0. The van der Waals surface area contributed by atoms with E-state index in [1.165, 1.54) is 25.7 Å². The molecule has 104 valence electrons. The van der Waals surface area contributed by atoms with Gasteiger partial charge in [-0.1, -0.05) is 25.7 Å². The van der Waals surface area contributed by atoms with Crippen LogP contribution in [0.1, 0.15) is 51.9 Å². The largest absolute Gasteiger partial charge is 0.466 e. The van der Waals surface area contributed by atoms with Gasteiger partial charge in [-0.15, -0.1) is 0 Å². The summed E-state index contributed by atoms with van der Waals surface area (Å²) in [5, 5.41) is 0. The minimum Gasteiger partial charge on any atom is -0.466 e. The number of esters is 1. The highest BCUT2D eigenvalue weighted by Crippen LogP contribution is 2.28. The molecular weight excluding hydrogens is 230 g/mol. The molecule has 18 heavy (non-hydrogen) atoms. The Kier molecular flexibility index (Phi) is 6.76. The average Bonchev–Trinajstić information content (AvgIpc) is 2.86. The summed E-state index contributed by atoms with van der Waals surface area (Å²) < 4.78 is 4.84. The van der Waals surface area contributed by atoms with Crippen LogP contribution in [0.15, 0.2) is 0 Å². The van der Waals surface area contributed by atoms with Crippen molar-refractivity contribution in [3.05, 3.63) is 0 Å². The Balaban J connectivity index is 2.13. The summed E-state index contributed by atoms with van der Waals surface area (Å²) >= 11 is 0. The van der Waals surface area contributed by atoms with Crippen LogP contribution >= 0.6 is 0 Å².